The normalized spacial score (nSPS) is 16.3. The van der Waals surface area contributed by atoms with Crippen molar-refractivity contribution in [2.24, 2.45) is 0 Å². The van der Waals surface area contributed by atoms with Gasteiger partial charge in [-0.15, -0.1) is 0 Å². The average Bonchev–Trinajstić information content (AvgIpc) is 2.94. The molecule has 1 aliphatic rings. The van der Waals surface area contributed by atoms with E-state index in [1.165, 1.54) is 12.1 Å². The first-order chi connectivity index (χ1) is 12.4. The molecular weight excluding hydrogens is 343 g/mol. The number of alkyl halides is 3. The number of fused-ring (bicyclic) bond motifs is 1. The molecule has 2 aromatic carbocycles. The van der Waals surface area contributed by atoms with E-state index in [2.05, 4.69) is 5.32 Å². The Balaban J connectivity index is 1.65. The van der Waals surface area contributed by atoms with Crippen LogP contribution in [-0.2, 0) is 25.7 Å². The van der Waals surface area contributed by atoms with Gasteiger partial charge < -0.3 is 14.8 Å². The Morgan fingerprint density at radius 3 is 2.54 bits per heavy atom. The molecule has 0 spiro atoms. The van der Waals surface area contributed by atoms with E-state index in [1.54, 1.807) is 0 Å². The van der Waals surface area contributed by atoms with Crippen LogP contribution in [0.1, 0.15) is 36.1 Å². The van der Waals surface area contributed by atoms with Gasteiger partial charge in [0.25, 0.3) is 0 Å². The molecule has 1 heterocycles. The molecule has 0 unspecified atom stereocenters. The lowest BCUT2D eigenvalue weighted by atomic mass is 10.1. The standard InChI is InChI=1S/C20H22F3NO2/c1-3-25-18-9-15-8-13(2)26-19(15)10-16(18)12-24-11-14-4-6-17(7-5-14)20(21,22)23/h4-7,9-10,13,24H,3,8,11-12H2,1-2H3/t13-/m0/s1. The van der Waals surface area contributed by atoms with Crippen LogP contribution in [0.5, 0.6) is 11.5 Å². The number of hydrogen-bond acceptors (Lipinski definition) is 3. The Hall–Kier alpha value is -2.21. The van der Waals surface area contributed by atoms with E-state index in [-0.39, 0.29) is 6.10 Å². The Kier molecular flexibility index (Phi) is 5.41. The molecule has 0 aliphatic carbocycles. The van der Waals surface area contributed by atoms with Crippen molar-refractivity contribution in [3.8, 4) is 11.5 Å². The molecule has 1 N–H and O–H groups in total. The summed E-state index contributed by atoms with van der Waals surface area (Å²) in [5.41, 5.74) is 2.28. The highest BCUT2D eigenvalue weighted by Gasteiger charge is 2.29. The summed E-state index contributed by atoms with van der Waals surface area (Å²) in [7, 11) is 0. The van der Waals surface area contributed by atoms with Gasteiger partial charge in [-0.1, -0.05) is 12.1 Å². The fourth-order valence-electron chi connectivity index (χ4n) is 3.06. The van der Waals surface area contributed by atoms with Gasteiger partial charge in [0, 0.05) is 30.6 Å². The second kappa shape index (κ2) is 7.58. The highest BCUT2D eigenvalue weighted by molar-refractivity contribution is 5.48. The molecule has 0 saturated heterocycles. The summed E-state index contributed by atoms with van der Waals surface area (Å²) in [4.78, 5) is 0. The van der Waals surface area contributed by atoms with Crippen molar-refractivity contribution in [3.05, 3.63) is 58.7 Å². The molecule has 1 atom stereocenters. The average molecular weight is 365 g/mol. The second-order valence-electron chi connectivity index (χ2n) is 6.43. The molecule has 140 valence electrons. The van der Waals surface area contributed by atoms with Gasteiger partial charge >= 0.3 is 6.18 Å². The van der Waals surface area contributed by atoms with E-state index in [9.17, 15) is 13.2 Å². The molecule has 0 fully saturated rings. The van der Waals surface area contributed by atoms with Gasteiger partial charge in [-0.3, -0.25) is 0 Å². The molecule has 0 aromatic heterocycles. The zero-order chi connectivity index (χ0) is 18.7. The molecule has 6 heteroatoms. The fraction of sp³-hybridized carbons (Fsp3) is 0.400. The van der Waals surface area contributed by atoms with Crippen LogP contribution in [0.2, 0.25) is 0 Å². The minimum absolute atomic E-state index is 0.162. The topological polar surface area (TPSA) is 30.5 Å². The zero-order valence-electron chi connectivity index (χ0n) is 14.8. The molecule has 3 nitrogen and oxygen atoms in total. The summed E-state index contributed by atoms with van der Waals surface area (Å²) in [6, 6.07) is 9.21. The smallest absolute Gasteiger partial charge is 0.416 e. The van der Waals surface area contributed by atoms with Crippen LogP contribution in [0.15, 0.2) is 36.4 Å². The third-order valence-electron chi connectivity index (χ3n) is 4.30. The number of rotatable bonds is 6. The molecule has 0 radical (unpaired) electrons. The van der Waals surface area contributed by atoms with E-state index < -0.39 is 11.7 Å². The predicted molar refractivity (Wildman–Crippen MR) is 93.4 cm³/mol. The van der Waals surface area contributed by atoms with Crippen molar-refractivity contribution >= 4 is 0 Å². The third kappa shape index (κ3) is 4.30. The number of benzene rings is 2. The Morgan fingerprint density at radius 2 is 1.88 bits per heavy atom. The van der Waals surface area contributed by atoms with Gasteiger partial charge in [-0.2, -0.15) is 13.2 Å². The zero-order valence-corrected chi connectivity index (χ0v) is 14.8. The van der Waals surface area contributed by atoms with Crippen molar-refractivity contribution in [3.63, 3.8) is 0 Å². The quantitative estimate of drug-likeness (QED) is 0.804. The van der Waals surface area contributed by atoms with Crippen LogP contribution in [0.25, 0.3) is 0 Å². The summed E-state index contributed by atoms with van der Waals surface area (Å²) >= 11 is 0. The maximum absolute atomic E-state index is 12.6. The van der Waals surface area contributed by atoms with Crippen LogP contribution >= 0.6 is 0 Å². The molecular formula is C20H22F3NO2. The van der Waals surface area contributed by atoms with Crippen LogP contribution in [-0.4, -0.2) is 12.7 Å². The number of nitrogens with one attached hydrogen (secondary N) is 1. The lowest BCUT2D eigenvalue weighted by molar-refractivity contribution is -0.137. The third-order valence-corrected chi connectivity index (χ3v) is 4.30. The van der Waals surface area contributed by atoms with Crippen LogP contribution in [0.3, 0.4) is 0 Å². The highest BCUT2D eigenvalue weighted by Crippen LogP contribution is 2.35. The van der Waals surface area contributed by atoms with Gasteiger partial charge in [-0.05, 0) is 43.7 Å². The highest BCUT2D eigenvalue weighted by atomic mass is 19.4. The SMILES string of the molecule is CCOc1cc2c(cc1CNCc1ccc(C(F)(F)F)cc1)O[C@@H](C)C2. The molecule has 1 aliphatic heterocycles. The summed E-state index contributed by atoms with van der Waals surface area (Å²) in [6.07, 6.45) is -3.27. The lowest BCUT2D eigenvalue weighted by Crippen LogP contribution is -2.14. The predicted octanol–water partition coefficient (Wildman–Crippen LogP) is 4.72. The number of hydrogen-bond donors (Lipinski definition) is 1. The second-order valence-corrected chi connectivity index (χ2v) is 6.43. The monoisotopic (exact) mass is 365 g/mol. The molecule has 0 saturated carbocycles. The van der Waals surface area contributed by atoms with E-state index in [1.807, 2.05) is 26.0 Å². The van der Waals surface area contributed by atoms with Gasteiger partial charge in [0.05, 0.1) is 12.2 Å². The van der Waals surface area contributed by atoms with Gasteiger partial charge in [-0.25, -0.2) is 0 Å². The van der Waals surface area contributed by atoms with Crippen LogP contribution < -0.4 is 14.8 Å². The summed E-state index contributed by atoms with van der Waals surface area (Å²) in [5, 5.41) is 3.26. The molecule has 0 amide bonds. The van der Waals surface area contributed by atoms with Crippen molar-refractivity contribution in [1.82, 2.24) is 5.32 Å². The maximum Gasteiger partial charge on any atom is 0.416 e. The minimum Gasteiger partial charge on any atom is -0.494 e. The van der Waals surface area contributed by atoms with Gasteiger partial charge in [0.15, 0.2) is 0 Å². The Morgan fingerprint density at radius 1 is 1.15 bits per heavy atom. The van der Waals surface area contributed by atoms with E-state index in [4.69, 9.17) is 9.47 Å². The van der Waals surface area contributed by atoms with Gasteiger partial charge in [0.2, 0.25) is 0 Å². The van der Waals surface area contributed by atoms with Crippen LogP contribution in [0.4, 0.5) is 13.2 Å². The lowest BCUT2D eigenvalue weighted by Gasteiger charge is -2.14. The summed E-state index contributed by atoms with van der Waals surface area (Å²) in [6.45, 7) is 5.55. The largest absolute Gasteiger partial charge is 0.494 e. The molecule has 2 aromatic rings. The van der Waals surface area contributed by atoms with E-state index in [0.717, 1.165) is 46.7 Å². The van der Waals surface area contributed by atoms with Crippen molar-refractivity contribution in [1.29, 1.82) is 0 Å². The number of ether oxygens (including phenoxy) is 2. The maximum atomic E-state index is 12.6. The Bertz CT molecular complexity index is 757. The van der Waals surface area contributed by atoms with Gasteiger partial charge in [0.1, 0.15) is 17.6 Å². The van der Waals surface area contributed by atoms with Crippen molar-refractivity contribution < 1.29 is 22.6 Å². The summed E-state index contributed by atoms with van der Waals surface area (Å²) in [5.74, 6) is 1.70. The first-order valence-electron chi connectivity index (χ1n) is 8.69. The number of halogens is 3. The summed E-state index contributed by atoms with van der Waals surface area (Å²) < 4.78 is 49.3. The van der Waals surface area contributed by atoms with Crippen molar-refractivity contribution in [2.75, 3.05) is 6.61 Å². The van der Waals surface area contributed by atoms with E-state index >= 15 is 0 Å². The van der Waals surface area contributed by atoms with Crippen molar-refractivity contribution in [2.45, 2.75) is 45.6 Å². The molecule has 26 heavy (non-hydrogen) atoms. The molecule has 0 bridgehead atoms. The minimum atomic E-state index is -4.31. The first-order valence-corrected chi connectivity index (χ1v) is 8.69. The fourth-order valence-corrected chi connectivity index (χ4v) is 3.06. The van der Waals surface area contributed by atoms with Crippen LogP contribution in [0, 0.1) is 0 Å². The Labute approximate surface area is 151 Å². The molecule has 3 rings (SSSR count). The first kappa shape index (κ1) is 18.6. The van der Waals surface area contributed by atoms with E-state index in [0.29, 0.717) is 19.7 Å².